The molecule has 3 rings (SSSR count). The molecule has 0 radical (unpaired) electrons. The fraction of sp³-hybridized carbons (Fsp3) is 0.158. The van der Waals surface area contributed by atoms with E-state index < -0.39 is 11.7 Å². The van der Waals surface area contributed by atoms with E-state index in [1.165, 1.54) is 22.9 Å². The fourth-order valence-corrected chi connectivity index (χ4v) is 2.44. The van der Waals surface area contributed by atoms with Gasteiger partial charge in [0.25, 0.3) is 5.91 Å². The quantitative estimate of drug-likeness (QED) is 0.726. The van der Waals surface area contributed by atoms with Crippen molar-refractivity contribution in [1.29, 1.82) is 0 Å². The smallest absolute Gasteiger partial charge is 0.278 e. The Hall–Kier alpha value is -3.55. The Morgan fingerprint density at radius 2 is 1.74 bits per heavy atom. The Kier molecular flexibility index (Phi) is 5.25. The van der Waals surface area contributed by atoms with E-state index in [9.17, 15) is 14.0 Å². The first kappa shape index (κ1) is 18.2. The highest BCUT2D eigenvalue weighted by Gasteiger charge is 2.19. The molecule has 1 aromatic heterocycles. The van der Waals surface area contributed by atoms with Gasteiger partial charge in [0, 0.05) is 5.69 Å². The van der Waals surface area contributed by atoms with Crippen molar-refractivity contribution in [3.05, 3.63) is 71.3 Å². The van der Waals surface area contributed by atoms with Gasteiger partial charge in [-0.15, -0.1) is 5.10 Å². The van der Waals surface area contributed by atoms with Gasteiger partial charge < -0.3 is 10.6 Å². The van der Waals surface area contributed by atoms with Gasteiger partial charge in [0.15, 0.2) is 5.69 Å². The maximum atomic E-state index is 13.7. The summed E-state index contributed by atoms with van der Waals surface area (Å²) in [6.45, 7) is 3.48. The van der Waals surface area contributed by atoms with Gasteiger partial charge in [0.2, 0.25) is 5.91 Å². The summed E-state index contributed by atoms with van der Waals surface area (Å²) in [6, 6.07) is 13.2. The van der Waals surface area contributed by atoms with Crippen molar-refractivity contribution >= 4 is 23.2 Å². The van der Waals surface area contributed by atoms with Gasteiger partial charge in [-0.3, -0.25) is 9.59 Å². The predicted octanol–water partition coefficient (Wildman–Crippen LogP) is 2.93. The van der Waals surface area contributed by atoms with E-state index in [-0.39, 0.29) is 23.8 Å². The van der Waals surface area contributed by atoms with E-state index in [2.05, 4.69) is 20.9 Å². The van der Waals surface area contributed by atoms with Crippen molar-refractivity contribution in [2.45, 2.75) is 20.4 Å². The molecule has 2 amide bonds. The number of rotatable bonds is 5. The Labute approximate surface area is 155 Å². The summed E-state index contributed by atoms with van der Waals surface area (Å²) in [6.07, 6.45) is 0. The second kappa shape index (κ2) is 7.77. The van der Waals surface area contributed by atoms with Crippen molar-refractivity contribution < 1.29 is 14.0 Å². The van der Waals surface area contributed by atoms with E-state index >= 15 is 0 Å². The minimum atomic E-state index is -0.595. The van der Waals surface area contributed by atoms with Crippen LogP contribution in [0.5, 0.6) is 0 Å². The van der Waals surface area contributed by atoms with Crippen molar-refractivity contribution in [2.24, 2.45) is 0 Å². The molecule has 3 aromatic rings. The number of para-hydroxylation sites is 1. The number of halogens is 1. The lowest BCUT2D eigenvalue weighted by Gasteiger charge is -2.07. The first-order valence-corrected chi connectivity index (χ1v) is 8.26. The number of benzene rings is 2. The molecule has 1 heterocycles. The summed E-state index contributed by atoms with van der Waals surface area (Å²) in [5.41, 5.74) is 2.24. The van der Waals surface area contributed by atoms with Gasteiger partial charge >= 0.3 is 0 Å². The summed E-state index contributed by atoms with van der Waals surface area (Å²) in [5, 5.41) is 12.9. The highest BCUT2D eigenvalue weighted by atomic mass is 19.1. The summed E-state index contributed by atoms with van der Waals surface area (Å²) in [7, 11) is 0. The maximum Gasteiger partial charge on any atom is 0.278 e. The van der Waals surface area contributed by atoms with Crippen LogP contribution in [-0.4, -0.2) is 26.8 Å². The van der Waals surface area contributed by atoms with Gasteiger partial charge in [0.05, 0.1) is 11.4 Å². The Bertz CT molecular complexity index is 982. The van der Waals surface area contributed by atoms with Crippen LogP contribution in [0, 0.1) is 19.7 Å². The van der Waals surface area contributed by atoms with Gasteiger partial charge in [0.1, 0.15) is 12.4 Å². The number of aromatic nitrogens is 3. The number of aryl methyl sites for hydroxylation is 1. The van der Waals surface area contributed by atoms with Crippen LogP contribution in [0.3, 0.4) is 0 Å². The number of hydrogen-bond donors (Lipinski definition) is 2. The summed E-state index contributed by atoms with van der Waals surface area (Å²) in [4.78, 5) is 24.5. The molecule has 0 aliphatic rings. The van der Waals surface area contributed by atoms with E-state index in [1.807, 2.05) is 19.1 Å². The summed E-state index contributed by atoms with van der Waals surface area (Å²) in [5.74, 6) is -1.44. The highest BCUT2D eigenvalue weighted by molar-refractivity contribution is 6.03. The van der Waals surface area contributed by atoms with Crippen molar-refractivity contribution in [3.63, 3.8) is 0 Å². The Balaban J connectivity index is 1.67. The van der Waals surface area contributed by atoms with Crippen molar-refractivity contribution in [1.82, 2.24) is 15.0 Å². The average molecular weight is 367 g/mol. The summed E-state index contributed by atoms with van der Waals surface area (Å²) >= 11 is 0. The zero-order valence-electron chi connectivity index (χ0n) is 14.9. The zero-order valence-corrected chi connectivity index (χ0v) is 14.9. The molecular weight excluding hydrogens is 349 g/mol. The predicted molar refractivity (Wildman–Crippen MR) is 98.9 cm³/mol. The van der Waals surface area contributed by atoms with Crippen LogP contribution in [0.25, 0.3) is 0 Å². The second-order valence-electron chi connectivity index (χ2n) is 6.03. The minimum Gasteiger partial charge on any atom is -0.324 e. The largest absolute Gasteiger partial charge is 0.324 e. The molecule has 8 heteroatoms. The minimum absolute atomic E-state index is 0.0291. The molecule has 0 bridgehead atoms. The lowest BCUT2D eigenvalue weighted by atomic mass is 10.2. The third kappa shape index (κ3) is 4.35. The normalized spacial score (nSPS) is 10.5. The Morgan fingerprint density at radius 1 is 1.04 bits per heavy atom. The molecule has 7 nitrogen and oxygen atoms in total. The Morgan fingerprint density at radius 3 is 2.44 bits per heavy atom. The topological polar surface area (TPSA) is 88.9 Å². The van der Waals surface area contributed by atoms with Gasteiger partial charge in [-0.1, -0.05) is 35.0 Å². The number of hydrogen-bond acceptors (Lipinski definition) is 4. The first-order valence-electron chi connectivity index (χ1n) is 8.26. The molecule has 0 fully saturated rings. The zero-order chi connectivity index (χ0) is 19.4. The van der Waals surface area contributed by atoms with E-state index in [0.29, 0.717) is 11.4 Å². The SMILES string of the molecule is Cc1ccc(NC(=O)Cn2nnc(C(=O)Nc3ccccc3F)c2C)cc1. The fourth-order valence-electron chi connectivity index (χ4n) is 2.44. The van der Waals surface area contributed by atoms with Crippen LogP contribution in [0.2, 0.25) is 0 Å². The first-order chi connectivity index (χ1) is 12.9. The van der Waals surface area contributed by atoms with Gasteiger partial charge in [-0.05, 0) is 38.1 Å². The number of nitrogens with zero attached hydrogens (tertiary/aromatic N) is 3. The van der Waals surface area contributed by atoms with Crippen LogP contribution in [0.1, 0.15) is 21.7 Å². The van der Waals surface area contributed by atoms with Crippen LogP contribution in [0.4, 0.5) is 15.8 Å². The van der Waals surface area contributed by atoms with E-state index in [4.69, 9.17) is 0 Å². The number of carbonyl (C=O) groups excluding carboxylic acids is 2. The third-order valence-electron chi connectivity index (χ3n) is 3.95. The second-order valence-corrected chi connectivity index (χ2v) is 6.03. The summed E-state index contributed by atoms with van der Waals surface area (Å²) < 4.78 is 15.0. The van der Waals surface area contributed by atoms with Crippen molar-refractivity contribution in [2.75, 3.05) is 10.6 Å². The monoisotopic (exact) mass is 367 g/mol. The molecule has 0 unspecified atom stereocenters. The molecule has 0 spiro atoms. The molecule has 0 aliphatic carbocycles. The number of nitrogens with one attached hydrogen (secondary N) is 2. The molecule has 0 aliphatic heterocycles. The average Bonchev–Trinajstić information content (AvgIpc) is 2.99. The number of anilines is 2. The molecule has 0 atom stereocenters. The van der Waals surface area contributed by atoms with Crippen LogP contribution in [-0.2, 0) is 11.3 Å². The number of carbonyl (C=O) groups is 2. The molecular formula is C19H18FN5O2. The maximum absolute atomic E-state index is 13.7. The molecule has 2 aromatic carbocycles. The third-order valence-corrected chi connectivity index (χ3v) is 3.95. The molecule has 27 heavy (non-hydrogen) atoms. The van der Waals surface area contributed by atoms with Gasteiger partial charge in [-0.25, -0.2) is 9.07 Å². The van der Waals surface area contributed by atoms with Crippen LogP contribution < -0.4 is 10.6 Å². The molecule has 2 N–H and O–H groups in total. The van der Waals surface area contributed by atoms with Crippen LogP contribution >= 0.6 is 0 Å². The molecule has 138 valence electrons. The van der Waals surface area contributed by atoms with Crippen LogP contribution in [0.15, 0.2) is 48.5 Å². The standard InChI is InChI=1S/C19H18FN5O2/c1-12-7-9-14(10-8-12)21-17(26)11-25-13(2)18(23-24-25)19(27)22-16-6-4-3-5-15(16)20/h3-10H,11H2,1-2H3,(H,21,26)(H,22,27). The number of amides is 2. The molecule has 0 saturated heterocycles. The lowest BCUT2D eigenvalue weighted by Crippen LogP contribution is -2.21. The highest BCUT2D eigenvalue weighted by Crippen LogP contribution is 2.15. The lowest BCUT2D eigenvalue weighted by molar-refractivity contribution is -0.117. The van der Waals surface area contributed by atoms with Gasteiger partial charge in [-0.2, -0.15) is 0 Å². The van der Waals surface area contributed by atoms with E-state index in [1.54, 1.807) is 25.1 Å². The van der Waals surface area contributed by atoms with E-state index in [0.717, 1.165) is 5.56 Å². The van der Waals surface area contributed by atoms with Crippen molar-refractivity contribution in [3.8, 4) is 0 Å². The molecule has 0 saturated carbocycles.